The summed E-state index contributed by atoms with van der Waals surface area (Å²) in [6, 6.07) is 0. The summed E-state index contributed by atoms with van der Waals surface area (Å²) in [6.07, 6.45) is 7.73. The summed E-state index contributed by atoms with van der Waals surface area (Å²) in [4.78, 5) is 0. The molecule has 0 saturated carbocycles. The van der Waals surface area contributed by atoms with Gasteiger partial charge in [0.2, 0.25) is 0 Å². The van der Waals surface area contributed by atoms with Crippen LogP contribution >= 0.6 is 0 Å². The molecule has 0 aliphatic carbocycles. The van der Waals surface area contributed by atoms with E-state index < -0.39 is 5.97 Å². The largest absolute Gasteiger partial charge is 0.394 e. The van der Waals surface area contributed by atoms with Gasteiger partial charge in [0.05, 0.1) is 59.5 Å². The minimum atomic E-state index is -0.778. The van der Waals surface area contributed by atoms with E-state index in [0.717, 1.165) is 45.5 Å². The topological polar surface area (TPSA) is 86.6 Å². The Bertz CT molecular complexity index is 336. The van der Waals surface area contributed by atoms with Crippen molar-refractivity contribution in [1.29, 1.82) is 0 Å². The second kappa shape index (κ2) is 18.5. The van der Waals surface area contributed by atoms with Crippen LogP contribution in [-0.4, -0.2) is 75.6 Å². The van der Waals surface area contributed by atoms with Gasteiger partial charge in [0.1, 0.15) is 0 Å². The molecule has 0 radical (unpaired) electrons. The molecule has 1 aliphatic rings. The molecule has 7 heteroatoms. The van der Waals surface area contributed by atoms with Crippen molar-refractivity contribution in [2.45, 2.75) is 78.6 Å². The van der Waals surface area contributed by atoms with E-state index in [2.05, 4.69) is 27.7 Å². The fourth-order valence-corrected chi connectivity index (χ4v) is 2.90. The van der Waals surface area contributed by atoms with Crippen LogP contribution in [0.15, 0.2) is 0 Å². The Labute approximate surface area is 178 Å². The normalized spacial score (nSPS) is 24.2. The number of aliphatic hydroxyl groups is 2. The Morgan fingerprint density at radius 2 is 1.28 bits per heavy atom. The first-order valence-electron chi connectivity index (χ1n) is 11.4. The molecular formula is C22H46O7. The van der Waals surface area contributed by atoms with Crippen molar-refractivity contribution in [3.63, 3.8) is 0 Å². The van der Waals surface area contributed by atoms with Gasteiger partial charge in [-0.3, -0.25) is 0 Å². The van der Waals surface area contributed by atoms with E-state index in [-0.39, 0.29) is 18.6 Å². The molecule has 0 bridgehead atoms. The molecule has 0 amide bonds. The average molecular weight is 423 g/mol. The van der Waals surface area contributed by atoms with Crippen molar-refractivity contribution in [1.82, 2.24) is 0 Å². The Kier molecular flexibility index (Phi) is 18.3. The highest BCUT2D eigenvalue weighted by atomic mass is 16.9. The lowest BCUT2D eigenvalue weighted by molar-refractivity contribution is -0.421. The van der Waals surface area contributed by atoms with Crippen LogP contribution in [0.4, 0.5) is 0 Å². The first kappa shape index (κ1) is 28.7. The van der Waals surface area contributed by atoms with Gasteiger partial charge in [0.15, 0.2) is 0 Å². The first-order valence-corrected chi connectivity index (χ1v) is 11.4. The van der Waals surface area contributed by atoms with Crippen molar-refractivity contribution < 1.29 is 33.9 Å². The van der Waals surface area contributed by atoms with E-state index in [0.29, 0.717) is 26.4 Å². The van der Waals surface area contributed by atoms with E-state index in [1.165, 1.54) is 19.3 Å². The standard InChI is InChI=1S/C16H32O3.C6H14O4/c1-5-9-11-15(7-3)13-18-16(8-4,19-14-15)17-12-10-6-2;7-1-3-9-5-6-10-4-2-8/h5-14H2,1-4H3;7-8H,1-6H2. The van der Waals surface area contributed by atoms with Gasteiger partial charge >= 0.3 is 0 Å². The molecule has 0 aromatic heterocycles. The summed E-state index contributed by atoms with van der Waals surface area (Å²) in [5, 5.41) is 16.5. The second-order valence-corrected chi connectivity index (χ2v) is 7.44. The van der Waals surface area contributed by atoms with Crippen LogP contribution in [0.5, 0.6) is 0 Å². The monoisotopic (exact) mass is 422 g/mol. The number of ether oxygens (including phenoxy) is 5. The quantitative estimate of drug-likeness (QED) is 0.368. The highest BCUT2D eigenvalue weighted by molar-refractivity contribution is 4.82. The molecule has 1 fully saturated rings. The molecule has 1 aliphatic heterocycles. The molecule has 0 spiro atoms. The fraction of sp³-hybridized carbons (Fsp3) is 1.00. The molecule has 29 heavy (non-hydrogen) atoms. The molecular weight excluding hydrogens is 376 g/mol. The number of aliphatic hydroxyl groups excluding tert-OH is 2. The Morgan fingerprint density at radius 3 is 1.69 bits per heavy atom. The number of rotatable bonds is 16. The van der Waals surface area contributed by atoms with Crippen LogP contribution in [-0.2, 0) is 23.7 Å². The Morgan fingerprint density at radius 1 is 0.724 bits per heavy atom. The number of unbranched alkanes of at least 4 members (excludes halogenated alkanes) is 2. The van der Waals surface area contributed by atoms with Crippen molar-refractivity contribution in [2.75, 3.05) is 59.5 Å². The lowest BCUT2D eigenvalue weighted by Gasteiger charge is -2.45. The van der Waals surface area contributed by atoms with Gasteiger partial charge in [-0.25, -0.2) is 0 Å². The summed E-state index contributed by atoms with van der Waals surface area (Å²) in [5.41, 5.74) is 0.197. The molecule has 2 N–H and O–H groups in total. The van der Waals surface area contributed by atoms with Crippen LogP contribution in [0.3, 0.4) is 0 Å². The van der Waals surface area contributed by atoms with Crippen LogP contribution in [0.25, 0.3) is 0 Å². The smallest absolute Gasteiger partial charge is 0.282 e. The van der Waals surface area contributed by atoms with Gasteiger partial charge < -0.3 is 33.9 Å². The fourth-order valence-electron chi connectivity index (χ4n) is 2.90. The highest BCUT2D eigenvalue weighted by Gasteiger charge is 2.43. The average Bonchev–Trinajstić information content (AvgIpc) is 2.76. The Hall–Kier alpha value is -0.280. The predicted molar refractivity (Wildman–Crippen MR) is 114 cm³/mol. The third-order valence-corrected chi connectivity index (χ3v) is 5.10. The Balaban J connectivity index is 0.000000665. The van der Waals surface area contributed by atoms with Crippen LogP contribution in [0.1, 0.15) is 72.6 Å². The molecule has 1 heterocycles. The molecule has 176 valence electrons. The summed E-state index contributed by atoms with van der Waals surface area (Å²) >= 11 is 0. The van der Waals surface area contributed by atoms with Crippen molar-refractivity contribution >= 4 is 0 Å². The molecule has 7 nitrogen and oxygen atoms in total. The van der Waals surface area contributed by atoms with E-state index in [1.807, 2.05) is 0 Å². The predicted octanol–water partition coefficient (Wildman–Crippen LogP) is 3.50. The SMILES string of the molecule is CCCCOC1(CC)OCC(CC)(CCCC)CO1.OCCOCCOCCO. The minimum Gasteiger partial charge on any atom is -0.394 e. The zero-order valence-electron chi connectivity index (χ0n) is 19.2. The zero-order chi connectivity index (χ0) is 21.8. The molecule has 0 unspecified atom stereocenters. The summed E-state index contributed by atoms with van der Waals surface area (Å²) in [5.74, 6) is -0.778. The number of hydrogen-bond acceptors (Lipinski definition) is 7. The van der Waals surface area contributed by atoms with Gasteiger partial charge in [0, 0.05) is 11.8 Å². The maximum absolute atomic E-state index is 8.26. The van der Waals surface area contributed by atoms with Gasteiger partial charge in [-0.1, -0.05) is 47.0 Å². The maximum atomic E-state index is 8.26. The lowest BCUT2D eigenvalue weighted by Crippen LogP contribution is -2.51. The minimum absolute atomic E-state index is 0.0417. The maximum Gasteiger partial charge on any atom is 0.282 e. The molecule has 1 rings (SSSR count). The first-order chi connectivity index (χ1) is 14.1. The molecule has 0 aromatic carbocycles. The lowest BCUT2D eigenvalue weighted by atomic mass is 9.81. The van der Waals surface area contributed by atoms with Gasteiger partial charge in [-0.15, -0.1) is 0 Å². The molecule has 1 saturated heterocycles. The zero-order valence-corrected chi connectivity index (χ0v) is 19.2. The van der Waals surface area contributed by atoms with Crippen molar-refractivity contribution in [3.05, 3.63) is 0 Å². The summed E-state index contributed by atoms with van der Waals surface area (Å²) < 4.78 is 27.6. The van der Waals surface area contributed by atoms with Gasteiger partial charge in [-0.05, 0) is 19.3 Å². The number of hydrogen-bond donors (Lipinski definition) is 2. The summed E-state index contributed by atoms with van der Waals surface area (Å²) in [6.45, 7) is 12.7. The molecule has 0 atom stereocenters. The van der Waals surface area contributed by atoms with E-state index in [9.17, 15) is 0 Å². The van der Waals surface area contributed by atoms with Crippen molar-refractivity contribution in [2.24, 2.45) is 5.41 Å². The second-order valence-electron chi connectivity index (χ2n) is 7.44. The van der Waals surface area contributed by atoms with Crippen molar-refractivity contribution in [3.8, 4) is 0 Å². The van der Waals surface area contributed by atoms with Crippen LogP contribution in [0.2, 0.25) is 0 Å². The van der Waals surface area contributed by atoms with E-state index in [1.54, 1.807) is 0 Å². The highest BCUT2D eigenvalue weighted by Crippen LogP contribution is 2.38. The van der Waals surface area contributed by atoms with E-state index in [4.69, 9.17) is 33.9 Å². The van der Waals surface area contributed by atoms with Gasteiger partial charge in [-0.2, -0.15) is 0 Å². The molecule has 0 aromatic rings. The third kappa shape index (κ3) is 12.9. The van der Waals surface area contributed by atoms with Crippen LogP contribution < -0.4 is 0 Å². The summed E-state index contributed by atoms with van der Waals surface area (Å²) in [7, 11) is 0. The van der Waals surface area contributed by atoms with Gasteiger partial charge in [0.25, 0.3) is 5.97 Å². The van der Waals surface area contributed by atoms with Crippen LogP contribution in [0, 0.1) is 5.41 Å². The third-order valence-electron chi connectivity index (χ3n) is 5.10. The van der Waals surface area contributed by atoms with E-state index >= 15 is 0 Å².